The molecule has 0 unspecified atom stereocenters. The maximum atomic E-state index is 12.0. The highest BCUT2D eigenvalue weighted by Gasteiger charge is 2.15. The quantitative estimate of drug-likeness (QED) is 0.812. The van der Waals surface area contributed by atoms with Crippen molar-refractivity contribution < 1.29 is 9.53 Å². The minimum Gasteiger partial charge on any atom is -0.480 e. The molecule has 1 N–H and O–H groups in total. The van der Waals surface area contributed by atoms with Gasteiger partial charge in [0.1, 0.15) is 5.75 Å². The van der Waals surface area contributed by atoms with Gasteiger partial charge < -0.3 is 10.1 Å². The number of nitrogens with one attached hydrogen (secondary N) is 1. The minimum absolute atomic E-state index is 0.141. The first-order valence-corrected chi connectivity index (χ1v) is 8.16. The summed E-state index contributed by atoms with van der Waals surface area (Å²) < 4.78 is 6.37. The number of hydrogen-bond donors (Lipinski definition) is 1. The van der Waals surface area contributed by atoms with Gasteiger partial charge in [0, 0.05) is 11.6 Å². The highest BCUT2D eigenvalue weighted by atomic mass is 79.9. The summed E-state index contributed by atoms with van der Waals surface area (Å²) in [6.07, 6.45) is 0.220. The van der Waals surface area contributed by atoms with Crippen molar-refractivity contribution >= 4 is 33.4 Å². The van der Waals surface area contributed by atoms with E-state index < -0.39 is 6.10 Å². The zero-order valence-corrected chi connectivity index (χ0v) is 14.5. The zero-order valence-electron chi connectivity index (χ0n) is 12.2. The van der Waals surface area contributed by atoms with Crippen LogP contribution in [-0.2, 0) is 11.2 Å². The molecule has 0 heterocycles. The van der Waals surface area contributed by atoms with Gasteiger partial charge in [-0.15, -0.1) is 0 Å². The summed E-state index contributed by atoms with van der Waals surface area (Å²) in [5.41, 5.74) is 1.19. The lowest BCUT2D eigenvalue weighted by molar-refractivity contribution is -0.127. The first-order valence-electron chi connectivity index (χ1n) is 6.99. The topological polar surface area (TPSA) is 38.3 Å². The third kappa shape index (κ3) is 5.04. The van der Waals surface area contributed by atoms with Crippen LogP contribution >= 0.6 is 27.5 Å². The van der Waals surface area contributed by atoms with E-state index in [-0.39, 0.29) is 5.91 Å². The molecular weight excluding hydrogens is 366 g/mol. The van der Waals surface area contributed by atoms with Gasteiger partial charge in [0.2, 0.25) is 0 Å². The lowest BCUT2D eigenvalue weighted by atomic mass is 10.1. The van der Waals surface area contributed by atoms with Gasteiger partial charge in [-0.2, -0.15) is 0 Å². The number of amides is 1. The maximum absolute atomic E-state index is 12.0. The second-order valence-electron chi connectivity index (χ2n) is 4.86. The zero-order chi connectivity index (χ0) is 15.9. The Bertz CT molecular complexity index is 634. The average molecular weight is 383 g/mol. The van der Waals surface area contributed by atoms with Gasteiger partial charge in [0.05, 0.1) is 4.47 Å². The summed E-state index contributed by atoms with van der Waals surface area (Å²) in [5, 5.41) is 3.49. The summed E-state index contributed by atoms with van der Waals surface area (Å²) in [6.45, 7) is 2.30. The van der Waals surface area contributed by atoms with Crippen LogP contribution in [0.15, 0.2) is 53.0 Å². The number of ether oxygens (including phenoxy) is 1. The van der Waals surface area contributed by atoms with Gasteiger partial charge in [-0.05, 0) is 53.0 Å². The summed E-state index contributed by atoms with van der Waals surface area (Å²) >= 11 is 9.24. The van der Waals surface area contributed by atoms with Crippen LogP contribution in [0.5, 0.6) is 5.75 Å². The number of carbonyl (C=O) groups excluding carboxylic acids is 1. The molecule has 1 atom stereocenters. The molecule has 0 radical (unpaired) electrons. The normalized spacial score (nSPS) is 11.8. The third-order valence-electron chi connectivity index (χ3n) is 3.12. The average Bonchev–Trinajstić information content (AvgIpc) is 2.51. The summed E-state index contributed by atoms with van der Waals surface area (Å²) in [4.78, 5) is 12.0. The molecule has 0 bridgehead atoms. The number of hydrogen-bond acceptors (Lipinski definition) is 2. The molecule has 2 rings (SSSR count). The molecule has 116 valence electrons. The number of halogens is 2. The van der Waals surface area contributed by atoms with Crippen LogP contribution in [0.4, 0.5) is 0 Å². The molecule has 3 nitrogen and oxygen atoms in total. The Kier molecular flexibility index (Phi) is 6.28. The standard InChI is InChI=1S/C17H17BrClNO2/c1-12(22-16-8-7-14(19)11-15(16)18)17(21)20-10-9-13-5-3-2-4-6-13/h2-8,11-12H,9-10H2,1H3,(H,20,21)/t12-/m0/s1. The van der Waals surface area contributed by atoms with E-state index >= 15 is 0 Å². The fourth-order valence-corrected chi connectivity index (χ4v) is 2.71. The molecule has 0 aliphatic heterocycles. The minimum atomic E-state index is -0.576. The Hall–Kier alpha value is -1.52. The van der Waals surface area contributed by atoms with E-state index in [1.165, 1.54) is 5.56 Å². The van der Waals surface area contributed by atoms with Gasteiger partial charge in [0.25, 0.3) is 5.91 Å². The monoisotopic (exact) mass is 381 g/mol. The van der Waals surface area contributed by atoms with Crippen LogP contribution in [0.25, 0.3) is 0 Å². The van der Waals surface area contributed by atoms with E-state index in [1.54, 1.807) is 25.1 Å². The second kappa shape index (κ2) is 8.20. The van der Waals surface area contributed by atoms with Crippen LogP contribution in [0.2, 0.25) is 5.02 Å². The van der Waals surface area contributed by atoms with Gasteiger partial charge in [-0.25, -0.2) is 0 Å². The highest BCUT2D eigenvalue weighted by Crippen LogP contribution is 2.28. The predicted molar refractivity (Wildman–Crippen MR) is 92.4 cm³/mol. The lowest BCUT2D eigenvalue weighted by Gasteiger charge is -2.16. The van der Waals surface area contributed by atoms with Crippen molar-refractivity contribution in [2.24, 2.45) is 0 Å². The molecule has 0 spiro atoms. The van der Waals surface area contributed by atoms with Crippen molar-refractivity contribution in [3.05, 3.63) is 63.6 Å². The van der Waals surface area contributed by atoms with Crippen molar-refractivity contribution in [3.8, 4) is 5.75 Å². The fraction of sp³-hybridized carbons (Fsp3) is 0.235. The van der Waals surface area contributed by atoms with Crippen LogP contribution < -0.4 is 10.1 Å². The molecular formula is C17H17BrClNO2. The van der Waals surface area contributed by atoms with E-state index in [4.69, 9.17) is 16.3 Å². The van der Waals surface area contributed by atoms with Crippen molar-refractivity contribution in [2.45, 2.75) is 19.4 Å². The Morgan fingerprint density at radius 3 is 2.68 bits per heavy atom. The van der Waals surface area contributed by atoms with Crippen LogP contribution in [-0.4, -0.2) is 18.6 Å². The van der Waals surface area contributed by atoms with Crippen molar-refractivity contribution in [3.63, 3.8) is 0 Å². The smallest absolute Gasteiger partial charge is 0.260 e. The summed E-state index contributed by atoms with van der Waals surface area (Å²) in [7, 11) is 0. The first-order chi connectivity index (χ1) is 10.6. The Morgan fingerprint density at radius 1 is 1.27 bits per heavy atom. The molecule has 22 heavy (non-hydrogen) atoms. The van der Waals surface area contributed by atoms with Gasteiger partial charge in [-0.1, -0.05) is 41.9 Å². The molecule has 2 aromatic carbocycles. The largest absolute Gasteiger partial charge is 0.480 e. The fourth-order valence-electron chi connectivity index (χ4n) is 1.93. The SMILES string of the molecule is C[C@H](Oc1ccc(Cl)cc1Br)C(=O)NCCc1ccccc1. The molecule has 2 aromatic rings. The Morgan fingerprint density at radius 2 is 2.00 bits per heavy atom. The first kappa shape index (κ1) is 16.8. The van der Waals surface area contributed by atoms with Crippen LogP contribution in [0.3, 0.4) is 0 Å². The molecule has 0 aromatic heterocycles. The predicted octanol–water partition coefficient (Wildman–Crippen LogP) is 4.23. The number of carbonyl (C=O) groups is 1. The van der Waals surface area contributed by atoms with E-state index in [0.29, 0.717) is 17.3 Å². The molecule has 0 fully saturated rings. The molecule has 0 saturated heterocycles. The van der Waals surface area contributed by atoms with E-state index in [1.807, 2.05) is 30.3 Å². The summed E-state index contributed by atoms with van der Waals surface area (Å²) in [5.74, 6) is 0.452. The van der Waals surface area contributed by atoms with Crippen LogP contribution in [0, 0.1) is 0 Å². The maximum Gasteiger partial charge on any atom is 0.260 e. The van der Waals surface area contributed by atoms with Crippen molar-refractivity contribution in [1.82, 2.24) is 5.32 Å². The summed E-state index contributed by atoms with van der Waals surface area (Å²) in [6, 6.07) is 15.2. The highest BCUT2D eigenvalue weighted by molar-refractivity contribution is 9.10. The molecule has 5 heteroatoms. The van der Waals surface area contributed by atoms with Crippen molar-refractivity contribution in [2.75, 3.05) is 6.54 Å². The van der Waals surface area contributed by atoms with E-state index in [9.17, 15) is 4.79 Å². The molecule has 0 aliphatic rings. The third-order valence-corrected chi connectivity index (χ3v) is 3.98. The van der Waals surface area contributed by atoms with Gasteiger partial charge in [-0.3, -0.25) is 4.79 Å². The van der Waals surface area contributed by atoms with E-state index in [2.05, 4.69) is 21.2 Å². The number of benzene rings is 2. The molecule has 0 aliphatic carbocycles. The van der Waals surface area contributed by atoms with Gasteiger partial charge >= 0.3 is 0 Å². The van der Waals surface area contributed by atoms with Crippen molar-refractivity contribution in [1.29, 1.82) is 0 Å². The van der Waals surface area contributed by atoms with Gasteiger partial charge in [0.15, 0.2) is 6.10 Å². The molecule has 0 saturated carbocycles. The van der Waals surface area contributed by atoms with E-state index in [0.717, 1.165) is 10.9 Å². The molecule has 1 amide bonds. The second-order valence-corrected chi connectivity index (χ2v) is 6.15. The van der Waals surface area contributed by atoms with Crippen LogP contribution in [0.1, 0.15) is 12.5 Å². The lowest BCUT2D eigenvalue weighted by Crippen LogP contribution is -2.37. The Balaban J connectivity index is 1.82. The number of rotatable bonds is 6. The Labute approximate surface area is 143 Å².